The molecule has 2 aromatic heterocycles. The maximum atomic E-state index is 12.1. The first-order valence-corrected chi connectivity index (χ1v) is 7.09. The van der Waals surface area contributed by atoms with Crippen LogP contribution in [0.1, 0.15) is 11.4 Å². The molecule has 0 aliphatic heterocycles. The van der Waals surface area contributed by atoms with Crippen molar-refractivity contribution in [1.82, 2.24) is 14.8 Å². The van der Waals surface area contributed by atoms with Crippen LogP contribution in [0.2, 0.25) is 0 Å². The minimum absolute atomic E-state index is 0.0907. The van der Waals surface area contributed by atoms with Crippen LogP contribution in [0.15, 0.2) is 29.4 Å². The third kappa shape index (κ3) is 2.91. The number of hydrogen-bond donors (Lipinski definition) is 2. The van der Waals surface area contributed by atoms with Crippen molar-refractivity contribution < 1.29 is 8.42 Å². The van der Waals surface area contributed by atoms with Gasteiger partial charge in [0, 0.05) is 26.0 Å². The van der Waals surface area contributed by atoms with E-state index in [1.165, 1.54) is 12.3 Å². The van der Waals surface area contributed by atoms with Crippen molar-refractivity contribution in [2.45, 2.75) is 18.4 Å². The van der Waals surface area contributed by atoms with Crippen molar-refractivity contribution >= 4 is 15.7 Å². The quantitative estimate of drug-likeness (QED) is 0.843. The molecule has 2 heterocycles. The number of aromatic nitrogens is 3. The average molecular weight is 281 g/mol. The predicted molar refractivity (Wildman–Crippen MR) is 70.9 cm³/mol. The highest BCUT2D eigenvalue weighted by molar-refractivity contribution is 7.92. The minimum Gasteiger partial charge on any atom is -0.325 e. The first-order valence-electron chi connectivity index (χ1n) is 5.60. The average Bonchev–Trinajstić information content (AvgIpc) is 2.67. The lowest BCUT2D eigenvalue weighted by Gasteiger charge is -2.06. The van der Waals surface area contributed by atoms with Crippen molar-refractivity contribution in [1.29, 1.82) is 0 Å². The summed E-state index contributed by atoms with van der Waals surface area (Å²) in [5.74, 6) is 0. The molecule has 0 radical (unpaired) electrons. The Morgan fingerprint density at radius 1 is 1.42 bits per heavy atom. The van der Waals surface area contributed by atoms with Crippen LogP contribution in [0.4, 0.5) is 5.69 Å². The Labute approximate surface area is 111 Å². The zero-order chi connectivity index (χ0) is 14.0. The van der Waals surface area contributed by atoms with E-state index in [0.29, 0.717) is 17.1 Å². The third-order valence-corrected chi connectivity index (χ3v) is 3.93. The summed E-state index contributed by atoms with van der Waals surface area (Å²) in [6, 6.07) is 3.06. The fraction of sp³-hybridized carbons (Fsp3) is 0.273. The lowest BCUT2D eigenvalue weighted by Crippen LogP contribution is -2.14. The second kappa shape index (κ2) is 4.98. The lowest BCUT2D eigenvalue weighted by molar-refractivity contribution is 0.600. The molecule has 3 N–H and O–H groups in total. The molecule has 0 unspecified atom stereocenters. The Kier molecular flexibility index (Phi) is 3.54. The van der Waals surface area contributed by atoms with Crippen LogP contribution in [-0.2, 0) is 23.6 Å². The number of nitrogens with one attached hydrogen (secondary N) is 1. The number of anilines is 1. The van der Waals surface area contributed by atoms with Crippen molar-refractivity contribution in [3.05, 3.63) is 35.9 Å². The smallest absolute Gasteiger partial charge is 0.263 e. The van der Waals surface area contributed by atoms with Gasteiger partial charge >= 0.3 is 0 Å². The minimum atomic E-state index is -3.65. The summed E-state index contributed by atoms with van der Waals surface area (Å²) in [7, 11) is -1.93. The monoisotopic (exact) mass is 281 g/mol. The number of sulfonamides is 1. The number of nitrogens with two attached hydrogens (primary N) is 1. The Morgan fingerprint density at radius 2 is 2.16 bits per heavy atom. The zero-order valence-electron chi connectivity index (χ0n) is 10.7. The van der Waals surface area contributed by atoms with Crippen molar-refractivity contribution in [3.63, 3.8) is 0 Å². The van der Waals surface area contributed by atoms with E-state index in [2.05, 4.69) is 14.8 Å². The Morgan fingerprint density at radius 3 is 2.63 bits per heavy atom. The fourth-order valence-electron chi connectivity index (χ4n) is 1.59. The second-order valence-corrected chi connectivity index (χ2v) is 5.78. The maximum Gasteiger partial charge on any atom is 0.263 e. The van der Waals surface area contributed by atoms with Gasteiger partial charge in [-0.25, -0.2) is 8.42 Å². The van der Waals surface area contributed by atoms with Crippen LogP contribution in [-0.4, -0.2) is 23.2 Å². The fourth-order valence-corrected chi connectivity index (χ4v) is 2.64. The van der Waals surface area contributed by atoms with E-state index in [1.54, 1.807) is 30.9 Å². The van der Waals surface area contributed by atoms with Crippen molar-refractivity contribution in [2.24, 2.45) is 12.8 Å². The molecular formula is C11H15N5O2S. The topological polar surface area (TPSA) is 103 Å². The van der Waals surface area contributed by atoms with E-state index in [4.69, 9.17) is 5.73 Å². The molecule has 0 aliphatic carbocycles. The van der Waals surface area contributed by atoms with Crippen LogP contribution >= 0.6 is 0 Å². The summed E-state index contributed by atoms with van der Waals surface area (Å²) >= 11 is 0. The van der Waals surface area contributed by atoms with Gasteiger partial charge in [-0.15, -0.1) is 0 Å². The molecule has 0 saturated heterocycles. The molecule has 2 rings (SSSR count). The van der Waals surface area contributed by atoms with Gasteiger partial charge in [0.15, 0.2) is 0 Å². The molecule has 0 amide bonds. The first-order chi connectivity index (χ1) is 8.92. The highest BCUT2D eigenvalue weighted by Crippen LogP contribution is 2.17. The second-order valence-electron chi connectivity index (χ2n) is 4.10. The number of rotatable bonds is 4. The van der Waals surface area contributed by atoms with Crippen LogP contribution in [0.25, 0.3) is 0 Å². The van der Waals surface area contributed by atoms with Crippen LogP contribution in [0, 0.1) is 6.92 Å². The van der Waals surface area contributed by atoms with Gasteiger partial charge in [-0.1, -0.05) is 0 Å². The zero-order valence-corrected chi connectivity index (χ0v) is 11.5. The molecule has 0 fully saturated rings. The first kappa shape index (κ1) is 13.5. The Bertz CT molecular complexity index is 676. The maximum absolute atomic E-state index is 12.1. The molecule has 0 atom stereocenters. The Balaban J connectivity index is 2.29. The standard InChI is InChI=1S/C11H15N5O2S/c1-8-11(7-16(2)14-8)15-19(17,18)10-4-3-9(5-12)13-6-10/h3-4,6-7,15H,5,12H2,1-2H3. The van der Waals surface area contributed by atoms with E-state index < -0.39 is 10.0 Å². The molecule has 0 bridgehead atoms. The number of nitrogens with zero attached hydrogens (tertiary/aromatic N) is 3. The predicted octanol–water partition coefficient (Wildman–Crippen LogP) is 0.383. The molecule has 0 spiro atoms. The highest BCUT2D eigenvalue weighted by atomic mass is 32.2. The van der Waals surface area contributed by atoms with E-state index in [9.17, 15) is 8.42 Å². The SMILES string of the molecule is Cc1nn(C)cc1NS(=O)(=O)c1ccc(CN)nc1. The van der Waals surface area contributed by atoms with Gasteiger partial charge in [-0.3, -0.25) is 14.4 Å². The molecule has 0 aromatic carbocycles. The van der Waals surface area contributed by atoms with Gasteiger partial charge < -0.3 is 5.73 Å². The third-order valence-electron chi connectivity index (χ3n) is 2.57. The van der Waals surface area contributed by atoms with Crippen LogP contribution < -0.4 is 10.5 Å². The summed E-state index contributed by atoms with van der Waals surface area (Å²) in [6.07, 6.45) is 2.89. The summed E-state index contributed by atoms with van der Waals surface area (Å²) in [4.78, 5) is 4.06. The van der Waals surface area contributed by atoms with Gasteiger partial charge in [-0.05, 0) is 19.1 Å². The molecule has 0 aliphatic rings. The van der Waals surface area contributed by atoms with E-state index >= 15 is 0 Å². The summed E-state index contributed by atoms with van der Waals surface area (Å²) in [6.45, 7) is 2.00. The molecule has 19 heavy (non-hydrogen) atoms. The number of hydrogen-bond acceptors (Lipinski definition) is 5. The van der Waals surface area contributed by atoms with E-state index in [0.717, 1.165) is 0 Å². The molecule has 102 valence electrons. The summed E-state index contributed by atoms with van der Waals surface area (Å²) < 4.78 is 28.3. The molecule has 7 nitrogen and oxygen atoms in total. The van der Waals surface area contributed by atoms with Crippen LogP contribution in [0.3, 0.4) is 0 Å². The van der Waals surface area contributed by atoms with Gasteiger partial charge in [0.05, 0.1) is 17.1 Å². The van der Waals surface area contributed by atoms with E-state index in [-0.39, 0.29) is 11.4 Å². The number of pyridine rings is 1. The summed E-state index contributed by atoms with van der Waals surface area (Å²) in [5, 5.41) is 4.07. The van der Waals surface area contributed by atoms with Crippen molar-refractivity contribution in [2.75, 3.05) is 4.72 Å². The number of aryl methyl sites for hydroxylation is 2. The van der Waals surface area contributed by atoms with Gasteiger partial charge in [0.25, 0.3) is 10.0 Å². The van der Waals surface area contributed by atoms with E-state index in [1.807, 2.05) is 0 Å². The largest absolute Gasteiger partial charge is 0.325 e. The van der Waals surface area contributed by atoms with Gasteiger partial charge in [0.2, 0.25) is 0 Å². The molecular weight excluding hydrogens is 266 g/mol. The molecule has 8 heteroatoms. The van der Waals surface area contributed by atoms with Crippen molar-refractivity contribution in [3.8, 4) is 0 Å². The highest BCUT2D eigenvalue weighted by Gasteiger charge is 2.17. The lowest BCUT2D eigenvalue weighted by atomic mass is 10.4. The molecule has 2 aromatic rings. The van der Waals surface area contributed by atoms with Gasteiger partial charge in [0.1, 0.15) is 4.90 Å². The summed E-state index contributed by atoms with van der Waals surface area (Å²) in [5.41, 5.74) is 7.11. The van der Waals surface area contributed by atoms with Crippen LogP contribution in [0.5, 0.6) is 0 Å². The van der Waals surface area contributed by atoms with Gasteiger partial charge in [-0.2, -0.15) is 5.10 Å². The molecule has 0 saturated carbocycles. The Hall–Kier alpha value is -1.93. The normalized spacial score (nSPS) is 11.5.